The molecule has 1 aromatic carbocycles. The van der Waals surface area contributed by atoms with E-state index in [0.29, 0.717) is 4.90 Å². The summed E-state index contributed by atoms with van der Waals surface area (Å²) in [6, 6.07) is 6.73. The molecule has 0 amide bonds. The molecule has 0 saturated heterocycles. The first-order chi connectivity index (χ1) is 5.63. The molecule has 0 aliphatic heterocycles. The molecule has 0 radical (unpaired) electrons. The molecule has 12 heavy (non-hydrogen) atoms. The highest BCUT2D eigenvalue weighted by atomic mass is 32.2. The minimum atomic E-state index is -1.10. The van der Waals surface area contributed by atoms with Crippen LogP contribution < -0.4 is 0 Å². The molecule has 1 atom stereocenters. The van der Waals surface area contributed by atoms with Crippen LogP contribution in [0.4, 0.5) is 0 Å². The summed E-state index contributed by atoms with van der Waals surface area (Å²) < 4.78 is 11.5. The summed E-state index contributed by atoms with van der Waals surface area (Å²) in [5, 5.41) is 9.38. The van der Waals surface area contributed by atoms with Crippen LogP contribution in [-0.4, -0.2) is 14.6 Å². The topological polar surface area (TPSA) is 37.3 Å². The first kappa shape index (κ1) is 9.26. The molecule has 0 heterocycles. The number of phenols is 1. The summed E-state index contributed by atoms with van der Waals surface area (Å²) in [7, 11) is -1.10. The summed E-state index contributed by atoms with van der Waals surface area (Å²) in [6.07, 6.45) is 0. The lowest BCUT2D eigenvalue weighted by atomic mass is 10.3. The number of benzene rings is 1. The highest BCUT2D eigenvalue weighted by Crippen LogP contribution is 2.21. The minimum Gasteiger partial charge on any atom is -0.507 e. The molecule has 0 aliphatic carbocycles. The summed E-state index contributed by atoms with van der Waals surface area (Å²) in [5.74, 6) is 0.115. The zero-order valence-corrected chi connectivity index (χ0v) is 7.97. The predicted octanol–water partition coefficient (Wildman–Crippen LogP) is 1.91. The van der Waals surface area contributed by atoms with Gasteiger partial charge in [-0.15, -0.1) is 0 Å². The Morgan fingerprint density at radius 3 is 2.42 bits per heavy atom. The Kier molecular flexibility index (Phi) is 2.87. The van der Waals surface area contributed by atoms with Crippen molar-refractivity contribution in [3.05, 3.63) is 24.3 Å². The summed E-state index contributed by atoms with van der Waals surface area (Å²) >= 11 is 0. The highest BCUT2D eigenvalue weighted by Gasteiger charge is 2.11. The molecule has 0 spiro atoms. The lowest BCUT2D eigenvalue weighted by molar-refractivity contribution is 0.461. The SMILES string of the molecule is CC(C)[S@](=O)c1ccccc1O. The largest absolute Gasteiger partial charge is 0.507 e. The highest BCUT2D eigenvalue weighted by molar-refractivity contribution is 7.85. The molecular weight excluding hydrogens is 172 g/mol. The van der Waals surface area contributed by atoms with Gasteiger partial charge >= 0.3 is 0 Å². The van der Waals surface area contributed by atoms with Crippen molar-refractivity contribution in [3.63, 3.8) is 0 Å². The fourth-order valence-corrected chi connectivity index (χ4v) is 1.88. The number of aromatic hydroxyl groups is 1. The average Bonchev–Trinajstić information content (AvgIpc) is 2.04. The van der Waals surface area contributed by atoms with Crippen molar-refractivity contribution in [2.24, 2.45) is 0 Å². The Morgan fingerprint density at radius 1 is 1.33 bits per heavy atom. The maximum atomic E-state index is 11.5. The molecule has 3 heteroatoms. The van der Waals surface area contributed by atoms with Gasteiger partial charge in [-0.25, -0.2) is 0 Å². The minimum absolute atomic E-state index is 0.0401. The van der Waals surface area contributed by atoms with E-state index in [-0.39, 0.29) is 11.0 Å². The number of phenolic OH excluding ortho intramolecular Hbond substituents is 1. The van der Waals surface area contributed by atoms with E-state index in [1.165, 1.54) is 0 Å². The fourth-order valence-electron chi connectivity index (χ4n) is 0.881. The lowest BCUT2D eigenvalue weighted by Crippen LogP contribution is -2.05. The number of hydrogen-bond donors (Lipinski definition) is 1. The molecule has 0 unspecified atom stereocenters. The molecular formula is C9H12O2S. The van der Waals surface area contributed by atoms with E-state index >= 15 is 0 Å². The Morgan fingerprint density at radius 2 is 1.92 bits per heavy atom. The molecule has 0 bridgehead atoms. The van der Waals surface area contributed by atoms with E-state index in [9.17, 15) is 9.32 Å². The van der Waals surface area contributed by atoms with Gasteiger partial charge in [0.05, 0.1) is 15.7 Å². The Hall–Kier alpha value is -0.830. The summed E-state index contributed by atoms with van der Waals surface area (Å²) in [6.45, 7) is 3.73. The molecule has 1 rings (SSSR count). The van der Waals surface area contributed by atoms with E-state index in [1.807, 2.05) is 13.8 Å². The molecule has 0 fully saturated rings. The fraction of sp³-hybridized carbons (Fsp3) is 0.333. The molecule has 66 valence electrons. The van der Waals surface area contributed by atoms with Crippen LogP contribution in [0.2, 0.25) is 0 Å². The second kappa shape index (κ2) is 3.72. The zero-order valence-electron chi connectivity index (χ0n) is 7.15. The van der Waals surface area contributed by atoms with Crippen molar-refractivity contribution in [1.82, 2.24) is 0 Å². The monoisotopic (exact) mass is 184 g/mol. The van der Waals surface area contributed by atoms with Crippen molar-refractivity contribution in [2.45, 2.75) is 24.0 Å². The van der Waals surface area contributed by atoms with E-state index in [1.54, 1.807) is 24.3 Å². The van der Waals surface area contributed by atoms with Crippen LogP contribution in [0.15, 0.2) is 29.2 Å². The zero-order chi connectivity index (χ0) is 9.14. The van der Waals surface area contributed by atoms with Gasteiger partial charge in [0, 0.05) is 5.25 Å². The Bertz CT molecular complexity index is 294. The molecule has 0 aliphatic rings. The molecule has 0 aromatic heterocycles. The van der Waals surface area contributed by atoms with Crippen molar-refractivity contribution >= 4 is 10.8 Å². The smallest absolute Gasteiger partial charge is 0.131 e. The van der Waals surface area contributed by atoms with Crippen LogP contribution in [0.1, 0.15) is 13.8 Å². The van der Waals surface area contributed by atoms with Gasteiger partial charge in [-0.1, -0.05) is 26.0 Å². The van der Waals surface area contributed by atoms with E-state index in [2.05, 4.69) is 0 Å². The van der Waals surface area contributed by atoms with E-state index in [0.717, 1.165) is 0 Å². The van der Waals surface area contributed by atoms with E-state index in [4.69, 9.17) is 0 Å². The molecule has 1 aromatic rings. The van der Waals surface area contributed by atoms with Gasteiger partial charge in [-0.05, 0) is 12.1 Å². The van der Waals surface area contributed by atoms with Crippen LogP contribution in [-0.2, 0) is 10.8 Å². The maximum Gasteiger partial charge on any atom is 0.131 e. The van der Waals surface area contributed by atoms with Crippen molar-refractivity contribution < 1.29 is 9.32 Å². The first-order valence-corrected chi connectivity index (χ1v) is 5.03. The van der Waals surface area contributed by atoms with E-state index < -0.39 is 10.8 Å². The maximum absolute atomic E-state index is 11.5. The normalized spacial score (nSPS) is 13.2. The average molecular weight is 184 g/mol. The second-order valence-corrected chi connectivity index (χ2v) is 4.79. The molecule has 2 nitrogen and oxygen atoms in total. The van der Waals surface area contributed by atoms with Gasteiger partial charge in [0.2, 0.25) is 0 Å². The van der Waals surface area contributed by atoms with Crippen LogP contribution in [0, 0.1) is 0 Å². The third kappa shape index (κ3) is 1.85. The van der Waals surface area contributed by atoms with Gasteiger partial charge in [0.1, 0.15) is 5.75 Å². The second-order valence-electron chi connectivity index (χ2n) is 2.81. The quantitative estimate of drug-likeness (QED) is 0.762. The van der Waals surface area contributed by atoms with Gasteiger partial charge in [0.15, 0.2) is 0 Å². The third-order valence-corrected chi connectivity index (χ3v) is 3.15. The Balaban J connectivity index is 3.03. The summed E-state index contributed by atoms with van der Waals surface area (Å²) in [5.41, 5.74) is 0. The van der Waals surface area contributed by atoms with Crippen LogP contribution in [0.3, 0.4) is 0 Å². The van der Waals surface area contributed by atoms with Crippen LogP contribution in [0.25, 0.3) is 0 Å². The number of para-hydroxylation sites is 1. The van der Waals surface area contributed by atoms with Gasteiger partial charge in [-0.3, -0.25) is 4.21 Å². The number of hydrogen-bond acceptors (Lipinski definition) is 2. The van der Waals surface area contributed by atoms with Crippen LogP contribution in [0.5, 0.6) is 5.75 Å². The van der Waals surface area contributed by atoms with Crippen LogP contribution >= 0.6 is 0 Å². The third-order valence-electron chi connectivity index (χ3n) is 1.51. The first-order valence-electron chi connectivity index (χ1n) is 3.81. The predicted molar refractivity (Wildman–Crippen MR) is 49.7 cm³/mol. The van der Waals surface area contributed by atoms with Gasteiger partial charge in [-0.2, -0.15) is 0 Å². The van der Waals surface area contributed by atoms with Crippen molar-refractivity contribution in [1.29, 1.82) is 0 Å². The summed E-state index contributed by atoms with van der Waals surface area (Å²) in [4.78, 5) is 0.521. The Labute approximate surface area is 74.7 Å². The lowest BCUT2D eigenvalue weighted by Gasteiger charge is -2.06. The van der Waals surface area contributed by atoms with Crippen molar-refractivity contribution in [2.75, 3.05) is 0 Å². The van der Waals surface area contributed by atoms with Gasteiger partial charge < -0.3 is 5.11 Å². The molecule has 0 saturated carbocycles. The number of rotatable bonds is 2. The van der Waals surface area contributed by atoms with Crippen molar-refractivity contribution in [3.8, 4) is 5.75 Å². The molecule has 1 N–H and O–H groups in total. The van der Waals surface area contributed by atoms with Gasteiger partial charge in [0.25, 0.3) is 0 Å². The standard InChI is InChI=1S/C9H12O2S/c1-7(2)12(11)9-6-4-3-5-8(9)10/h3-7,10H,1-2H3/t12-/m0/s1.